The van der Waals surface area contributed by atoms with E-state index in [1.807, 2.05) is 19.1 Å². The SMILES string of the molecule is CCCC(=O)O[C@H]1CC[C@](CNC(=O)c2ccccc2OC)(c2ccsc2)CC1. The number of rotatable bonds is 8. The summed E-state index contributed by atoms with van der Waals surface area (Å²) in [5, 5.41) is 7.37. The highest BCUT2D eigenvalue weighted by atomic mass is 32.1. The van der Waals surface area contributed by atoms with Crippen LogP contribution in [0.4, 0.5) is 0 Å². The van der Waals surface area contributed by atoms with Gasteiger partial charge in [-0.2, -0.15) is 11.3 Å². The number of methoxy groups -OCH3 is 1. The van der Waals surface area contributed by atoms with E-state index in [2.05, 4.69) is 22.1 Å². The van der Waals surface area contributed by atoms with Crippen molar-refractivity contribution in [2.24, 2.45) is 0 Å². The first-order valence-electron chi connectivity index (χ1n) is 10.2. The molecule has 1 aromatic carbocycles. The summed E-state index contributed by atoms with van der Waals surface area (Å²) in [5.41, 5.74) is 1.66. The molecule has 0 bridgehead atoms. The standard InChI is InChI=1S/C23H29NO4S/c1-3-6-21(25)28-18-9-12-23(13-10-18,17-11-14-29-15-17)16-24-22(26)19-7-4-5-8-20(19)27-2/h4-5,7-8,11,14-15,18H,3,6,9-10,12-13,16H2,1-2H3,(H,24,26)/t18-,23-. The van der Waals surface area contributed by atoms with Crippen LogP contribution in [0.3, 0.4) is 0 Å². The molecule has 2 aromatic rings. The number of carbonyl (C=O) groups is 2. The van der Waals surface area contributed by atoms with Gasteiger partial charge in [0.25, 0.3) is 5.91 Å². The fraction of sp³-hybridized carbons (Fsp3) is 0.478. The molecule has 1 aliphatic carbocycles. The molecule has 1 amide bonds. The van der Waals surface area contributed by atoms with Gasteiger partial charge in [0.15, 0.2) is 0 Å². The molecule has 5 nitrogen and oxygen atoms in total. The van der Waals surface area contributed by atoms with Crippen molar-refractivity contribution in [2.45, 2.75) is 57.0 Å². The molecule has 1 aliphatic rings. The van der Waals surface area contributed by atoms with Gasteiger partial charge in [0.1, 0.15) is 11.9 Å². The van der Waals surface area contributed by atoms with Gasteiger partial charge in [-0.1, -0.05) is 19.1 Å². The molecule has 0 atom stereocenters. The Hall–Kier alpha value is -2.34. The van der Waals surface area contributed by atoms with Crippen molar-refractivity contribution < 1.29 is 19.1 Å². The zero-order chi connectivity index (χ0) is 20.7. The van der Waals surface area contributed by atoms with Crippen LogP contribution in [0.15, 0.2) is 41.1 Å². The number of para-hydroxylation sites is 1. The summed E-state index contributed by atoms with van der Waals surface area (Å²) in [6, 6.07) is 9.39. The van der Waals surface area contributed by atoms with Crippen molar-refractivity contribution >= 4 is 23.2 Å². The molecule has 0 spiro atoms. The monoisotopic (exact) mass is 415 g/mol. The summed E-state index contributed by atoms with van der Waals surface area (Å²) in [6.45, 7) is 2.53. The molecule has 0 unspecified atom stereocenters. The second-order valence-corrected chi connectivity index (χ2v) is 8.39. The van der Waals surface area contributed by atoms with Crippen LogP contribution in [0.1, 0.15) is 61.4 Å². The number of ether oxygens (including phenoxy) is 2. The van der Waals surface area contributed by atoms with Gasteiger partial charge in [0, 0.05) is 18.4 Å². The second-order valence-electron chi connectivity index (χ2n) is 7.61. The van der Waals surface area contributed by atoms with Gasteiger partial charge in [-0.3, -0.25) is 9.59 Å². The lowest BCUT2D eigenvalue weighted by Crippen LogP contribution is -2.44. The summed E-state index contributed by atoms with van der Waals surface area (Å²) in [7, 11) is 1.57. The molecule has 6 heteroatoms. The Balaban J connectivity index is 1.68. The maximum atomic E-state index is 12.8. The van der Waals surface area contributed by atoms with Gasteiger partial charge < -0.3 is 14.8 Å². The third-order valence-electron chi connectivity index (χ3n) is 5.71. The quantitative estimate of drug-likeness (QED) is 0.634. The first kappa shape index (κ1) is 21.4. The van der Waals surface area contributed by atoms with Crippen molar-refractivity contribution in [1.82, 2.24) is 5.32 Å². The minimum Gasteiger partial charge on any atom is -0.496 e. The molecular formula is C23H29NO4S. The normalized spacial score (nSPS) is 21.4. The summed E-state index contributed by atoms with van der Waals surface area (Å²) < 4.78 is 10.9. The molecule has 3 rings (SSSR count). The summed E-state index contributed by atoms with van der Waals surface area (Å²) >= 11 is 1.67. The predicted molar refractivity (Wildman–Crippen MR) is 115 cm³/mol. The van der Waals surface area contributed by atoms with E-state index in [4.69, 9.17) is 9.47 Å². The molecule has 1 N–H and O–H groups in total. The number of thiophene rings is 1. The number of nitrogens with one attached hydrogen (secondary N) is 1. The largest absolute Gasteiger partial charge is 0.496 e. The smallest absolute Gasteiger partial charge is 0.306 e. The molecule has 1 fully saturated rings. The third-order valence-corrected chi connectivity index (χ3v) is 6.40. The van der Waals surface area contributed by atoms with Crippen LogP contribution in [0.2, 0.25) is 0 Å². The molecular weight excluding hydrogens is 386 g/mol. The minimum absolute atomic E-state index is 0.0225. The van der Waals surface area contributed by atoms with Gasteiger partial charge in [-0.05, 0) is 66.6 Å². The number of hydrogen-bond acceptors (Lipinski definition) is 5. The number of hydrogen-bond donors (Lipinski definition) is 1. The highest BCUT2D eigenvalue weighted by Crippen LogP contribution is 2.41. The topological polar surface area (TPSA) is 64.6 Å². The van der Waals surface area contributed by atoms with Crippen molar-refractivity contribution in [1.29, 1.82) is 0 Å². The van der Waals surface area contributed by atoms with Crippen LogP contribution >= 0.6 is 11.3 Å². The Kier molecular flexibility index (Phi) is 7.31. The maximum Gasteiger partial charge on any atom is 0.306 e. The minimum atomic E-state index is -0.134. The molecule has 1 aromatic heterocycles. The van der Waals surface area contributed by atoms with Crippen molar-refractivity contribution in [2.75, 3.05) is 13.7 Å². The molecule has 0 radical (unpaired) electrons. The zero-order valence-corrected chi connectivity index (χ0v) is 17.9. The third kappa shape index (κ3) is 5.18. The summed E-state index contributed by atoms with van der Waals surface area (Å²) in [5.74, 6) is 0.333. The van der Waals surface area contributed by atoms with Crippen LogP contribution < -0.4 is 10.1 Å². The van der Waals surface area contributed by atoms with E-state index in [0.717, 1.165) is 32.1 Å². The van der Waals surface area contributed by atoms with Gasteiger partial charge >= 0.3 is 5.97 Å². The van der Waals surface area contributed by atoms with Crippen LogP contribution in [0, 0.1) is 0 Å². The van der Waals surface area contributed by atoms with E-state index in [1.165, 1.54) is 5.56 Å². The van der Waals surface area contributed by atoms with Crippen LogP contribution in [-0.4, -0.2) is 31.6 Å². The van der Waals surface area contributed by atoms with Crippen LogP contribution in [0.5, 0.6) is 5.75 Å². The Labute approximate surface area is 176 Å². The van der Waals surface area contributed by atoms with Crippen LogP contribution in [0.25, 0.3) is 0 Å². The summed E-state index contributed by atoms with van der Waals surface area (Å²) in [4.78, 5) is 24.6. The molecule has 0 saturated heterocycles. The fourth-order valence-corrected chi connectivity index (χ4v) is 4.80. The Bertz CT molecular complexity index is 810. The molecule has 156 valence electrons. The van der Waals surface area contributed by atoms with Gasteiger partial charge in [0.2, 0.25) is 0 Å². The van der Waals surface area contributed by atoms with Gasteiger partial charge in [-0.25, -0.2) is 0 Å². The predicted octanol–water partition coefficient (Wildman–Crippen LogP) is 4.71. The molecule has 0 aliphatic heterocycles. The first-order chi connectivity index (χ1) is 14.1. The van der Waals surface area contributed by atoms with Crippen molar-refractivity contribution in [3.8, 4) is 5.75 Å². The molecule has 1 heterocycles. The lowest BCUT2D eigenvalue weighted by Gasteiger charge is -2.40. The average Bonchev–Trinajstić information content (AvgIpc) is 3.29. The van der Waals surface area contributed by atoms with E-state index >= 15 is 0 Å². The van der Waals surface area contributed by atoms with E-state index in [1.54, 1.807) is 30.6 Å². The van der Waals surface area contributed by atoms with E-state index in [-0.39, 0.29) is 23.4 Å². The lowest BCUT2D eigenvalue weighted by atomic mass is 9.69. The Morgan fingerprint density at radius 1 is 1.21 bits per heavy atom. The lowest BCUT2D eigenvalue weighted by molar-refractivity contribution is -0.151. The van der Waals surface area contributed by atoms with Gasteiger partial charge in [0.05, 0.1) is 12.7 Å². The number of benzene rings is 1. The number of carbonyl (C=O) groups excluding carboxylic acids is 2. The first-order valence-corrected chi connectivity index (χ1v) is 11.2. The molecule has 1 saturated carbocycles. The van der Waals surface area contributed by atoms with E-state index < -0.39 is 0 Å². The summed E-state index contributed by atoms with van der Waals surface area (Å²) in [6.07, 6.45) is 4.64. The van der Waals surface area contributed by atoms with Crippen molar-refractivity contribution in [3.05, 3.63) is 52.2 Å². The fourth-order valence-electron chi connectivity index (χ4n) is 4.02. The van der Waals surface area contributed by atoms with E-state index in [9.17, 15) is 9.59 Å². The maximum absolute atomic E-state index is 12.8. The Morgan fingerprint density at radius 2 is 1.97 bits per heavy atom. The highest BCUT2D eigenvalue weighted by Gasteiger charge is 2.38. The molecule has 29 heavy (non-hydrogen) atoms. The average molecular weight is 416 g/mol. The number of esters is 1. The van der Waals surface area contributed by atoms with Crippen LogP contribution in [-0.2, 0) is 14.9 Å². The van der Waals surface area contributed by atoms with Gasteiger partial charge in [-0.15, -0.1) is 0 Å². The second kappa shape index (κ2) is 9.92. The zero-order valence-electron chi connectivity index (χ0n) is 17.1. The van der Waals surface area contributed by atoms with Crippen molar-refractivity contribution in [3.63, 3.8) is 0 Å². The Morgan fingerprint density at radius 3 is 2.62 bits per heavy atom. The number of amides is 1. The van der Waals surface area contributed by atoms with E-state index in [0.29, 0.717) is 24.3 Å². The highest BCUT2D eigenvalue weighted by molar-refractivity contribution is 7.08.